The summed E-state index contributed by atoms with van der Waals surface area (Å²) in [5.41, 5.74) is 0. The first-order chi connectivity index (χ1) is 30.8. The predicted molar refractivity (Wildman–Crippen MR) is 262 cm³/mol. The first-order valence-corrected chi connectivity index (χ1v) is 26.0. The van der Waals surface area contributed by atoms with E-state index in [1.165, 1.54) is 135 Å². The zero-order valence-corrected chi connectivity index (χ0v) is 40.3. The second kappa shape index (κ2) is 43.8. The molecule has 0 aromatic carbocycles. The molecular formula is C54H97NO8. The van der Waals surface area contributed by atoms with Crippen molar-refractivity contribution in [2.45, 2.75) is 262 Å². The molecule has 0 aromatic rings. The molecule has 1 aliphatic heterocycles. The molecular weight excluding hydrogens is 791 g/mol. The number of allylic oxidation sites excluding steroid dienone is 9. The molecule has 0 aromatic heterocycles. The molecule has 7 atom stereocenters. The number of rotatable bonds is 43. The summed E-state index contributed by atoms with van der Waals surface area (Å²) < 4.78 is 11.2. The van der Waals surface area contributed by atoms with Crippen LogP contribution in [0.3, 0.4) is 0 Å². The van der Waals surface area contributed by atoms with E-state index < -0.39 is 49.5 Å². The Bertz CT molecular complexity index is 1170. The Morgan fingerprint density at radius 3 is 1.46 bits per heavy atom. The maximum Gasteiger partial charge on any atom is 0.220 e. The van der Waals surface area contributed by atoms with Gasteiger partial charge in [-0.25, -0.2) is 0 Å². The smallest absolute Gasteiger partial charge is 0.220 e. The third-order valence-electron chi connectivity index (χ3n) is 12.1. The van der Waals surface area contributed by atoms with Gasteiger partial charge in [0.25, 0.3) is 0 Å². The Balaban J connectivity index is 2.21. The van der Waals surface area contributed by atoms with E-state index in [2.05, 4.69) is 67.8 Å². The largest absolute Gasteiger partial charge is 0.394 e. The summed E-state index contributed by atoms with van der Waals surface area (Å²) in [6.07, 6.45) is 51.3. The topological polar surface area (TPSA) is 149 Å². The Hall–Kier alpha value is -2.11. The average Bonchev–Trinajstić information content (AvgIpc) is 3.28. The lowest BCUT2D eigenvalue weighted by Gasteiger charge is -2.40. The van der Waals surface area contributed by atoms with Gasteiger partial charge in [-0.3, -0.25) is 4.79 Å². The predicted octanol–water partition coefficient (Wildman–Crippen LogP) is 12.0. The summed E-state index contributed by atoms with van der Waals surface area (Å²) in [4.78, 5) is 13.0. The molecule has 0 saturated carbocycles. The molecule has 1 rings (SSSR count). The monoisotopic (exact) mass is 888 g/mol. The highest BCUT2D eigenvalue weighted by atomic mass is 16.7. The lowest BCUT2D eigenvalue weighted by atomic mass is 9.99. The Labute approximate surface area is 386 Å². The third kappa shape index (κ3) is 33.9. The Morgan fingerprint density at radius 1 is 0.556 bits per heavy atom. The van der Waals surface area contributed by atoms with Gasteiger partial charge in [-0.05, 0) is 57.8 Å². The second-order valence-electron chi connectivity index (χ2n) is 17.9. The van der Waals surface area contributed by atoms with E-state index >= 15 is 0 Å². The summed E-state index contributed by atoms with van der Waals surface area (Å²) in [6, 6.07) is -0.806. The number of unbranched alkanes of at least 4 members (excludes halogenated alkanes) is 25. The maximum atomic E-state index is 13.0. The lowest BCUT2D eigenvalue weighted by Crippen LogP contribution is -2.60. The number of carbonyl (C=O) groups is 1. The summed E-state index contributed by atoms with van der Waals surface area (Å²) in [7, 11) is 0. The van der Waals surface area contributed by atoms with Crippen molar-refractivity contribution < 1.29 is 39.8 Å². The van der Waals surface area contributed by atoms with E-state index in [0.29, 0.717) is 6.42 Å². The van der Waals surface area contributed by atoms with E-state index in [0.717, 1.165) is 64.2 Å². The van der Waals surface area contributed by atoms with Gasteiger partial charge in [-0.1, -0.05) is 216 Å². The SMILES string of the molecule is CC/C=C\C/C=C\C/C=C\C/C=C\CCCCCCCCCCCCCCCCC(=O)NC(COC1OC(CO)C(O)C(O)C1O)C(O)/C=C/CCCCCCCCCCCCC. The molecule has 9 nitrogen and oxygen atoms in total. The van der Waals surface area contributed by atoms with Gasteiger partial charge in [0.2, 0.25) is 5.91 Å². The second-order valence-corrected chi connectivity index (χ2v) is 17.9. The van der Waals surface area contributed by atoms with E-state index in [-0.39, 0.29) is 12.5 Å². The van der Waals surface area contributed by atoms with Crippen molar-refractivity contribution in [3.63, 3.8) is 0 Å². The van der Waals surface area contributed by atoms with E-state index in [1.807, 2.05) is 6.08 Å². The van der Waals surface area contributed by atoms with Crippen molar-refractivity contribution in [1.29, 1.82) is 0 Å². The van der Waals surface area contributed by atoms with E-state index in [1.54, 1.807) is 6.08 Å². The maximum absolute atomic E-state index is 13.0. The van der Waals surface area contributed by atoms with Crippen LogP contribution in [0.15, 0.2) is 60.8 Å². The number of ether oxygens (including phenoxy) is 2. The van der Waals surface area contributed by atoms with Gasteiger partial charge in [-0.15, -0.1) is 0 Å². The fraction of sp³-hybridized carbons (Fsp3) is 0.796. The minimum atomic E-state index is -1.57. The fourth-order valence-corrected chi connectivity index (χ4v) is 7.97. The molecule has 1 fully saturated rings. The fourth-order valence-electron chi connectivity index (χ4n) is 7.97. The Morgan fingerprint density at radius 2 is 0.984 bits per heavy atom. The molecule has 1 heterocycles. The molecule has 6 N–H and O–H groups in total. The lowest BCUT2D eigenvalue weighted by molar-refractivity contribution is -0.302. The van der Waals surface area contributed by atoms with Crippen LogP contribution in [-0.4, -0.2) is 87.5 Å². The summed E-state index contributed by atoms with van der Waals surface area (Å²) >= 11 is 0. The van der Waals surface area contributed by atoms with Crippen molar-refractivity contribution in [2.75, 3.05) is 13.2 Å². The number of hydrogen-bond acceptors (Lipinski definition) is 8. The zero-order chi connectivity index (χ0) is 45.9. The number of nitrogens with one attached hydrogen (secondary N) is 1. The highest BCUT2D eigenvalue weighted by molar-refractivity contribution is 5.76. The van der Waals surface area contributed by atoms with Crippen LogP contribution in [0.4, 0.5) is 0 Å². The molecule has 1 aliphatic rings. The van der Waals surface area contributed by atoms with Crippen LogP contribution in [0, 0.1) is 0 Å². The minimum absolute atomic E-state index is 0.180. The zero-order valence-electron chi connectivity index (χ0n) is 40.3. The number of amides is 1. The van der Waals surface area contributed by atoms with Crippen molar-refractivity contribution in [1.82, 2.24) is 5.32 Å². The van der Waals surface area contributed by atoms with Crippen LogP contribution in [0.2, 0.25) is 0 Å². The molecule has 9 heteroatoms. The van der Waals surface area contributed by atoms with Gasteiger partial charge < -0.3 is 40.3 Å². The van der Waals surface area contributed by atoms with Gasteiger partial charge in [0, 0.05) is 6.42 Å². The number of aliphatic hydroxyl groups excluding tert-OH is 5. The van der Waals surface area contributed by atoms with Crippen LogP contribution in [0.25, 0.3) is 0 Å². The third-order valence-corrected chi connectivity index (χ3v) is 12.1. The van der Waals surface area contributed by atoms with Crippen molar-refractivity contribution in [3.8, 4) is 0 Å². The molecule has 63 heavy (non-hydrogen) atoms. The molecule has 0 spiro atoms. The molecule has 366 valence electrons. The minimum Gasteiger partial charge on any atom is -0.394 e. The summed E-state index contributed by atoms with van der Waals surface area (Å²) in [6.45, 7) is 3.66. The highest BCUT2D eigenvalue weighted by Crippen LogP contribution is 2.23. The van der Waals surface area contributed by atoms with Gasteiger partial charge in [0.15, 0.2) is 6.29 Å². The van der Waals surface area contributed by atoms with Crippen molar-refractivity contribution >= 4 is 5.91 Å². The standard InChI is InChI=1S/C54H97NO8/c1-3-5-7-9-11-13-15-17-18-19-20-21-22-23-24-25-26-27-28-29-30-32-34-36-38-40-42-44-50(58)55-47(46-62-54-53(61)52(60)51(59)49(45-56)63-54)48(57)43-41-39-37-35-33-31-16-14-12-10-8-6-4-2/h5,7,11,13,17-18,20-21,41,43,47-49,51-54,56-57,59-61H,3-4,6,8-10,12,14-16,19,22-40,42,44-46H2,1-2H3,(H,55,58)/b7-5-,13-11-,18-17-,21-20-,43-41+. The number of carbonyl (C=O) groups excluding carboxylic acids is 1. The summed E-state index contributed by atoms with van der Waals surface area (Å²) in [5, 5.41) is 54.3. The van der Waals surface area contributed by atoms with E-state index in [9.17, 15) is 30.3 Å². The highest BCUT2D eigenvalue weighted by Gasteiger charge is 2.44. The van der Waals surface area contributed by atoms with Gasteiger partial charge in [-0.2, -0.15) is 0 Å². The first-order valence-electron chi connectivity index (χ1n) is 26.0. The van der Waals surface area contributed by atoms with Gasteiger partial charge in [0.1, 0.15) is 24.4 Å². The van der Waals surface area contributed by atoms with Crippen LogP contribution in [-0.2, 0) is 14.3 Å². The average molecular weight is 888 g/mol. The molecule has 7 unspecified atom stereocenters. The molecule has 1 saturated heterocycles. The van der Waals surface area contributed by atoms with Crippen LogP contribution >= 0.6 is 0 Å². The molecule has 0 aliphatic carbocycles. The number of aliphatic hydroxyl groups is 5. The Kier molecular flexibility index (Phi) is 40.9. The quantitative estimate of drug-likeness (QED) is 0.0262. The van der Waals surface area contributed by atoms with Crippen molar-refractivity contribution in [2.24, 2.45) is 0 Å². The van der Waals surface area contributed by atoms with Gasteiger partial charge >= 0.3 is 0 Å². The van der Waals surface area contributed by atoms with Crippen LogP contribution in [0.1, 0.15) is 219 Å². The van der Waals surface area contributed by atoms with Crippen LogP contribution in [0.5, 0.6) is 0 Å². The molecule has 0 radical (unpaired) electrons. The summed E-state index contributed by atoms with van der Waals surface area (Å²) in [5.74, 6) is -0.180. The molecule has 0 bridgehead atoms. The van der Waals surface area contributed by atoms with Crippen molar-refractivity contribution in [3.05, 3.63) is 60.8 Å². The number of hydrogen-bond donors (Lipinski definition) is 6. The van der Waals surface area contributed by atoms with Crippen LogP contribution < -0.4 is 5.32 Å². The van der Waals surface area contributed by atoms with E-state index in [4.69, 9.17) is 9.47 Å². The van der Waals surface area contributed by atoms with Gasteiger partial charge in [0.05, 0.1) is 25.4 Å². The first kappa shape index (κ1) is 58.9. The molecule has 1 amide bonds. The normalized spacial score (nSPS) is 20.7.